The minimum Gasteiger partial charge on any atom is -0.497 e. The van der Waals surface area contributed by atoms with Crippen LogP contribution in [0.4, 0.5) is 13.2 Å². The van der Waals surface area contributed by atoms with Crippen LogP contribution in [0.25, 0.3) is 56.0 Å². The third-order valence-corrected chi connectivity index (χ3v) is 7.22. The molecule has 12 heteroatoms. The number of H-pyrrole nitrogens is 2. The summed E-state index contributed by atoms with van der Waals surface area (Å²) >= 11 is 0. The van der Waals surface area contributed by atoms with Crippen molar-refractivity contribution in [2.24, 2.45) is 0 Å². The van der Waals surface area contributed by atoms with E-state index in [9.17, 15) is 13.2 Å². The van der Waals surface area contributed by atoms with Gasteiger partial charge in [0.25, 0.3) is 5.92 Å². The van der Waals surface area contributed by atoms with Gasteiger partial charge in [0.1, 0.15) is 22.8 Å². The Kier molecular flexibility index (Phi) is 5.93. The van der Waals surface area contributed by atoms with Gasteiger partial charge in [0.05, 0.1) is 31.1 Å². The zero-order chi connectivity index (χ0) is 28.1. The van der Waals surface area contributed by atoms with Crippen LogP contribution < -0.4 is 4.74 Å². The Bertz CT molecular complexity index is 1920. The van der Waals surface area contributed by atoms with Crippen LogP contribution in [0.1, 0.15) is 12.0 Å². The number of hydrogen-bond donors (Lipinski definition) is 2. The van der Waals surface area contributed by atoms with Crippen molar-refractivity contribution in [1.82, 2.24) is 40.0 Å². The molecule has 1 fully saturated rings. The summed E-state index contributed by atoms with van der Waals surface area (Å²) in [5, 5.41) is 8.24. The fraction of sp³-hybridized carbons (Fsp3) is 0.207. The Morgan fingerprint density at radius 3 is 2.78 bits per heavy atom. The summed E-state index contributed by atoms with van der Waals surface area (Å²) in [5.41, 5.74) is 5.90. The van der Waals surface area contributed by atoms with Gasteiger partial charge in [-0.3, -0.25) is 20.0 Å². The van der Waals surface area contributed by atoms with Crippen LogP contribution in [0.5, 0.6) is 5.75 Å². The summed E-state index contributed by atoms with van der Waals surface area (Å²) in [6.45, 7) is 0.489. The number of fused-ring (bicyclic) bond motifs is 2. The predicted octanol–water partition coefficient (Wildman–Crippen LogP) is 5.61. The zero-order valence-electron chi connectivity index (χ0n) is 21.8. The van der Waals surface area contributed by atoms with Gasteiger partial charge in [0.2, 0.25) is 0 Å². The molecule has 0 amide bonds. The zero-order valence-corrected chi connectivity index (χ0v) is 21.8. The van der Waals surface area contributed by atoms with Crippen LogP contribution in [0, 0.1) is 5.82 Å². The van der Waals surface area contributed by atoms with Crippen molar-refractivity contribution < 1.29 is 17.9 Å². The number of nitrogens with zero attached hydrogens (tertiary/aromatic N) is 6. The van der Waals surface area contributed by atoms with E-state index in [1.807, 2.05) is 12.1 Å². The molecular weight excluding hydrogens is 533 g/mol. The Labute approximate surface area is 231 Å². The number of alkyl halides is 2. The van der Waals surface area contributed by atoms with E-state index in [1.54, 1.807) is 41.8 Å². The van der Waals surface area contributed by atoms with Crippen LogP contribution in [0.15, 0.2) is 61.2 Å². The lowest BCUT2D eigenvalue weighted by atomic mass is 10.1. The minimum absolute atomic E-state index is 0.128. The first-order chi connectivity index (χ1) is 19.8. The molecule has 6 heterocycles. The van der Waals surface area contributed by atoms with E-state index in [2.05, 4.69) is 30.1 Å². The number of aromatic nitrogens is 7. The molecule has 0 spiro atoms. The van der Waals surface area contributed by atoms with Crippen molar-refractivity contribution in [3.8, 4) is 39.7 Å². The molecule has 0 bridgehead atoms. The van der Waals surface area contributed by atoms with Crippen LogP contribution in [0.3, 0.4) is 0 Å². The molecule has 0 unspecified atom stereocenters. The highest BCUT2D eigenvalue weighted by Gasteiger charge is 2.37. The predicted molar refractivity (Wildman–Crippen MR) is 147 cm³/mol. The second-order valence-electron chi connectivity index (χ2n) is 10.1. The highest BCUT2D eigenvalue weighted by Crippen LogP contribution is 2.34. The summed E-state index contributed by atoms with van der Waals surface area (Å²) in [6, 6.07) is 10.1. The first kappa shape index (κ1) is 25.1. The summed E-state index contributed by atoms with van der Waals surface area (Å²) in [6.07, 6.45) is 6.57. The maximum absolute atomic E-state index is 14.3. The van der Waals surface area contributed by atoms with Crippen LogP contribution in [-0.2, 0) is 6.54 Å². The highest BCUT2D eigenvalue weighted by atomic mass is 19.3. The van der Waals surface area contributed by atoms with Gasteiger partial charge in [-0.05, 0) is 41.5 Å². The van der Waals surface area contributed by atoms with E-state index in [4.69, 9.17) is 9.72 Å². The average molecular weight is 557 g/mol. The molecule has 6 aromatic rings. The van der Waals surface area contributed by atoms with E-state index >= 15 is 0 Å². The molecule has 1 saturated heterocycles. The fourth-order valence-corrected chi connectivity index (χ4v) is 5.26. The van der Waals surface area contributed by atoms with Crippen molar-refractivity contribution in [3.05, 3.63) is 72.6 Å². The number of benzene rings is 1. The Hall–Kier alpha value is -4.84. The number of aromatic amines is 2. The first-order valence-electron chi connectivity index (χ1n) is 12.9. The third-order valence-electron chi connectivity index (χ3n) is 7.22. The summed E-state index contributed by atoms with van der Waals surface area (Å²) in [5.74, 6) is -2.19. The molecule has 2 N–H and O–H groups in total. The number of nitrogens with one attached hydrogen (secondary N) is 2. The Balaban J connectivity index is 1.25. The molecule has 0 saturated carbocycles. The highest BCUT2D eigenvalue weighted by molar-refractivity contribution is 5.96. The molecule has 9 nitrogen and oxygen atoms in total. The maximum Gasteiger partial charge on any atom is 0.261 e. The second-order valence-corrected chi connectivity index (χ2v) is 10.1. The van der Waals surface area contributed by atoms with Crippen LogP contribution in [0.2, 0.25) is 0 Å². The largest absolute Gasteiger partial charge is 0.497 e. The quantitative estimate of drug-likeness (QED) is 0.274. The van der Waals surface area contributed by atoms with E-state index in [-0.39, 0.29) is 13.0 Å². The van der Waals surface area contributed by atoms with Gasteiger partial charge < -0.3 is 9.72 Å². The van der Waals surface area contributed by atoms with Gasteiger partial charge in [-0.25, -0.2) is 23.1 Å². The lowest BCUT2D eigenvalue weighted by Crippen LogP contribution is -2.24. The van der Waals surface area contributed by atoms with E-state index in [0.717, 1.165) is 16.5 Å². The molecule has 1 aliphatic heterocycles. The number of pyridine rings is 3. The van der Waals surface area contributed by atoms with Gasteiger partial charge in [-0.2, -0.15) is 5.10 Å². The van der Waals surface area contributed by atoms with Gasteiger partial charge in [-0.1, -0.05) is 0 Å². The molecular formula is C29H23F3N8O. The van der Waals surface area contributed by atoms with Crippen molar-refractivity contribution in [1.29, 1.82) is 0 Å². The smallest absolute Gasteiger partial charge is 0.261 e. The molecule has 206 valence electrons. The Morgan fingerprint density at radius 2 is 1.95 bits per heavy atom. The fourth-order valence-electron chi connectivity index (χ4n) is 5.26. The van der Waals surface area contributed by atoms with Gasteiger partial charge in [-0.15, -0.1) is 0 Å². The van der Waals surface area contributed by atoms with E-state index < -0.39 is 11.7 Å². The first-order valence-corrected chi connectivity index (χ1v) is 12.9. The Morgan fingerprint density at radius 1 is 1.05 bits per heavy atom. The lowest BCUT2D eigenvalue weighted by molar-refractivity contribution is 0.0115. The van der Waals surface area contributed by atoms with Crippen molar-refractivity contribution in [2.75, 3.05) is 20.2 Å². The molecule has 0 aliphatic carbocycles. The molecule has 7 rings (SSSR count). The van der Waals surface area contributed by atoms with Crippen molar-refractivity contribution >= 4 is 22.1 Å². The van der Waals surface area contributed by atoms with Crippen LogP contribution >= 0.6 is 0 Å². The molecule has 0 atom stereocenters. The third kappa shape index (κ3) is 4.76. The number of ether oxygens (including phenoxy) is 1. The maximum atomic E-state index is 14.3. The van der Waals surface area contributed by atoms with Crippen molar-refractivity contribution in [3.63, 3.8) is 0 Å². The number of hydrogen-bond acceptors (Lipinski definition) is 7. The lowest BCUT2D eigenvalue weighted by Gasteiger charge is -2.15. The molecule has 5 aromatic heterocycles. The summed E-state index contributed by atoms with van der Waals surface area (Å²) in [4.78, 5) is 23.1. The normalized spacial score (nSPS) is 15.2. The van der Waals surface area contributed by atoms with E-state index in [0.29, 0.717) is 63.9 Å². The monoisotopic (exact) mass is 556 g/mol. The standard InChI is InChI=1S/C29H23F3N8O/c1-41-20-8-17(7-19(30)9-20)21-2-4-34-27-25(21)36-28(37-27)26-22-10-23(35-13-24(22)38-39-26)18-6-16(11-33-12-18)14-40-5-3-29(31,32)15-40/h2,4,6-13H,3,5,14-15H2,1H3,(H,38,39)(H,34,36,37). The summed E-state index contributed by atoms with van der Waals surface area (Å²) in [7, 11) is 1.49. The van der Waals surface area contributed by atoms with Crippen LogP contribution in [-0.4, -0.2) is 66.1 Å². The number of halogens is 3. The summed E-state index contributed by atoms with van der Waals surface area (Å²) < 4.78 is 46.8. The topological polar surface area (TPSA) is 108 Å². The van der Waals surface area contributed by atoms with Gasteiger partial charge in [0, 0.05) is 60.7 Å². The number of likely N-dealkylation sites (tertiary alicyclic amines) is 1. The average Bonchev–Trinajstić information content (AvgIpc) is 3.68. The molecule has 1 aliphatic rings. The van der Waals surface area contributed by atoms with E-state index in [1.165, 1.54) is 19.2 Å². The van der Waals surface area contributed by atoms with Crippen molar-refractivity contribution in [2.45, 2.75) is 18.9 Å². The SMILES string of the molecule is COc1cc(F)cc(-c2ccnc3[nH]c(-c4n[nH]c5cnc(-c6cncc(CN7CCC(F)(F)C7)c6)cc45)nc23)c1. The van der Waals surface area contributed by atoms with Gasteiger partial charge >= 0.3 is 0 Å². The number of imidazole rings is 1. The van der Waals surface area contributed by atoms with Gasteiger partial charge in [0.15, 0.2) is 11.5 Å². The number of rotatable bonds is 6. The minimum atomic E-state index is -2.65. The molecule has 41 heavy (non-hydrogen) atoms. The second kappa shape index (κ2) is 9.66. The molecule has 1 aromatic carbocycles. The number of methoxy groups -OCH3 is 1. The molecule has 0 radical (unpaired) electrons.